The summed E-state index contributed by atoms with van der Waals surface area (Å²) in [6.45, 7) is 6.06. The number of nitrogens with two attached hydrogens (primary N) is 1. The molecule has 0 bridgehead atoms. The molecule has 0 unspecified atom stereocenters. The van der Waals surface area contributed by atoms with Gasteiger partial charge in [0.25, 0.3) is 0 Å². The van der Waals surface area contributed by atoms with Crippen molar-refractivity contribution in [3.8, 4) is 11.1 Å². The van der Waals surface area contributed by atoms with E-state index in [0.717, 1.165) is 73.1 Å². The molecule has 8 heteroatoms. The molecule has 1 aromatic heterocycles. The lowest BCUT2D eigenvalue weighted by Crippen LogP contribution is -2.42. The molecule has 0 spiro atoms. The van der Waals surface area contributed by atoms with Crippen LogP contribution in [-0.2, 0) is 4.79 Å². The summed E-state index contributed by atoms with van der Waals surface area (Å²) in [5, 5.41) is 13.6. The van der Waals surface area contributed by atoms with E-state index in [1.54, 1.807) is 26.3 Å². The highest BCUT2D eigenvalue weighted by Crippen LogP contribution is 2.41. The Morgan fingerprint density at radius 3 is 2.54 bits per heavy atom. The van der Waals surface area contributed by atoms with Gasteiger partial charge in [0.05, 0.1) is 22.9 Å². The first-order valence-corrected chi connectivity index (χ1v) is 12.3. The molecule has 1 aliphatic rings. The van der Waals surface area contributed by atoms with Gasteiger partial charge in [-0.25, -0.2) is 0 Å². The summed E-state index contributed by atoms with van der Waals surface area (Å²) in [5.41, 5.74) is 9.26. The molecular formula is C27H36ClN5O2. The number of benzene rings is 1. The number of aromatic nitrogens is 1. The predicted octanol–water partition coefficient (Wildman–Crippen LogP) is 3.94. The Kier molecular flexibility index (Phi) is 9.05. The summed E-state index contributed by atoms with van der Waals surface area (Å²) in [7, 11) is 1.91. The minimum atomic E-state index is -0.872. The quantitative estimate of drug-likeness (QED) is 0.339. The van der Waals surface area contributed by atoms with Gasteiger partial charge in [-0.15, -0.1) is 0 Å². The van der Waals surface area contributed by atoms with E-state index in [1.807, 2.05) is 37.5 Å². The van der Waals surface area contributed by atoms with Crippen LogP contribution in [0.2, 0.25) is 5.02 Å². The molecule has 1 aliphatic heterocycles. The number of allylic oxidation sites excluding steroid dienone is 1. The zero-order valence-corrected chi connectivity index (χ0v) is 21.6. The standard InChI is InChI=1S/C27H36ClN5O2/c1-26(2,35)18-32-15-22(14-29)20-4-6-21(7-5-20)23-16-31-17-24(28)25(23)33-12-9-27(19-34,10-13-33)8-11-30-3/h4-7,14-17,19,30,35H,8-13,18,29H2,1-3H3. The van der Waals surface area contributed by atoms with Crippen LogP contribution in [0.1, 0.15) is 38.7 Å². The van der Waals surface area contributed by atoms with Crippen molar-refractivity contribution in [1.29, 1.82) is 0 Å². The van der Waals surface area contributed by atoms with Crippen LogP contribution >= 0.6 is 11.6 Å². The lowest BCUT2D eigenvalue weighted by Gasteiger charge is -2.40. The highest BCUT2D eigenvalue weighted by molar-refractivity contribution is 6.33. The Labute approximate surface area is 213 Å². The normalized spacial score (nSPS) is 16.6. The Morgan fingerprint density at radius 1 is 1.29 bits per heavy atom. The number of aldehydes is 1. The topological polar surface area (TPSA) is 104 Å². The first-order chi connectivity index (χ1) is 16.7. The molecule has 1 aromatic carbocycles. The van der Waals surface area contributed by atoms with E-state index in [4.69, 9.17) is 17.3 Å². The van der Waals surface area contributed by atoms with Crippen molar-refractivity contribution in [2.75, 3.05) is 38.1 Å². The second kappa shape index (κ2) is 11.8. The number of nitrogens with one attached hydrogen (secondary N) is 1. The number of nitrogens with zero attached hydrogens (tertiary/aromatic N) is 3. The van der Waals surface area contributed by atoms with Gasteiger partial charge in [0.1, 0.15) is 6.29 Å². The molecular weight excluding hydrogens is 462 g/mol. The largest absolute Gasteiger partial charge is 0.404 e. The van der Waals surface area contributed by atoms with Crippen LogP contribution in [0, 0.1) is 5.41 Å². The van der Waals surface area contributed by atoms with Crippen LogP contribution in [0.4, 0.5) is 5.69 Å². The van der Waals surface area contributed by atoms with Crippen molar-refractivity contribution in [1.82, 2.24) is 10.3 Å². The number of hydrogen-bond donors (Lipinski definition) is 3. The summed E-state index contributed by atoms with van der Waals surface area (Å²) in [6, 6.07) is 8.01. The van der Waals surface area contributed by atoms with E-state index >= 15 is 0 Å². The second-order valence-electron chi connectivity index (χ2n) is 9.82. The van der Waals surface area contributed by atoms with Gasteiger partial charge in [0.15, 0.2) is 0 Å². The van der Waals surface area contributed by atoms with Crippen molar-refractivity contribution in [3.63, 3.8) is 0 Å². The molecule has 188 valence electrons. The predicted molar refractivity (Wildman–Crippen MR) is 145 cm³/mol. The number of carbonyl (C=O) groups excluding carboxylic acids is 1. The van der Waals surface area contributed by atoms with Crippen LogP contribution in [0.3, 0.4) is 0 Å². The zero-order chi connectivity index (χ0) is 25.5. The monoisotopic (exact) mass is 497 g/mol. The molecule has 0 radical (unpaired) electrons. The summed E-state index contributed by atoms with van der Waals surface area (Å²) >= 11 is 6.65. The van der Waals surface area contributed by atoms with Gasteiger partial charge in [-0.05, 0) is 57.8 Å². The number of hydrogen-bond acceptors (Lipinski definition) is 7. The SMILES string of the molecule is CNCCC1(C=O)CCN(c2c(Cl)cncc2-c2ccc(C(C=NCC(C)(C)O)=CN)cc2)CC1. The molecule has 0 saturated carbocycles. The number of carbonyl (C=O) groups is 1. The Balaban J connectivity index is 1.82. The number of anilines is 1. The summed E-state index contributed by atoms with van der Waals surface area (Å²) in [4.78, 5) is 22.8. The first kappa shape index (κ1) is 26.9. The van der Waals surface area contributed by atoms with Crippen LogP contribution < -0.4 is 16.0 Å². The fourth-order valence-corrected chi connectivity index (χ4v) is 4.64. The van der Waals surface area contributed by atoms with E-state index in [2.05, 4.69) is 20.2 Å². The summed E-state index contributed by atoms with van der Waals surface area (Å²) in [5.74, 6) is 0. The number of pyridine rings is 1. The van der Waals surface area contributed by atoms with Crippen molar-refractivity contribution in [2.45, 2.75) is 38.7 Å². The van der Waals surface area contributed by atoms with E-state index in [9.17, 15) is 9.90 Å². The van der Waals surface area contributed by atoms with Gasteiger partial charge in [-0.3, -0.25) is 9.98 Å². The van der Waals surface area contributed by atoms with E-state index in [0.29, 0.717) is 5.02 Å². The summed E-state index contributed by atoms with van der Waals surface area (Å²) < 4.78 is 0. The van der Waals surface area contributed by atoms with Gasteiger partial charge in [0, 0.05) is 54.4 Å². The first-order valence-electron chi connectivity index (χ1n) is 12.0. The number of piperidine rings is 1. The summed E-state index contributed by atoms with van der Waals surface area (Å²) in [6.07, 6.45) is 10.3. The van der Waals surface area contributed by atoms with E-state index < -0.39 is 5.60 Å². The molecule has 0 atom stereocenters. The average molecular weight is 498 g/mol. The van der Waals surface area contributed by atoms with Gasteiger partial charge in [-0.1, -0.05) is 35.9 Å². The van der Waals surface area contributed by atoms with Crippen molar-refractivity contribution < 1.29 is 9.90 Å². The number of aliphatic imine (C=N–C) groups is 1. The second-order valence-corrected chi connectivity index (χ2v) is 10.2. The molecule has 2 aromatic rings. The van der Waals surface area contributed by atoms with Gasteiger partial charge in [0.2, 0.25) is 0 Å². The molecule has 1 fully saturated rings. The lowest BCUT2D eigenvalue weighted by atomic mass is 9.77. The highest BCUT2D eigenvalue weighted by Gasteiger charge is 2.35. The third-order valence-electron chi connectivity index (χ3n) is 6.49. The Morgan fingerprint density at radius 2 is 1.97 bits per heavy atom. The van der Waals surface area contributed by atoms with Gasteiger partial charge in [-0.2, -0.15) is 0 Å². The Bertz CT molecular complexity index is 1050. The molecule has 2 heterocycles. The van der Waals surface area contributed by atoms with Crippen molar-refractivity contribution >= 4 is 35.4 Å². The van der Waals surface area contributed by atoms with Gasteiger partial charge >= 0.3 is 0 Å². The molecule has 1 saturated heterocycles. The average Bonchev–Trinajstić information content (AvgIpc) is 2.85. The minimum absolute atomic E-state index is 0.279. The van der Waals surface area contributed by atoms with Gasteiger partial charge < -0.3 is 25.9 Å². The number of aliphatic hydroxyl groups is 1. The molecule has 0 amide bonds. The Hall–Kier alpha value is -2.74. The third kappa shape index (κ3) is 6.90. The molecule has 7 nitrogen and oxygen atoms in total. The lowest BCUT2D eigenvalue weighted by molar-refractivity contribution is -0.117. The highest BCUT2D eigenvalue weighted by atomic mass is 35.5. The minimum Gasteiger partial charge on any atom is -0.404 e. The fraction of sp³-hybridized carbons (Fsp3) is 0.444. The maximum absolute atomic E-state index is 11.9. The fourth-order valence-electron chi connectivity index (χ4n) is 4.36. The van der Waals surface area contributed by atoms with E-state index in [-0.39, 0.29) is 12.0 Å². The van der Waals surface area contributed by atoms with Crippen LogP contribution in [0.15, 0.2) is 47.9 Å². The third-order valence-corrected chi connectivity index (χ3v) is 6.77. The molecule has 35 heavy (non-hydrogen) atoms. The smallest absolute Gasteiger partial charge is 0.126 e. The zero-order valence-electron chi connectivity index (χ0n) is 20.8. The van der Waals surface area contributed by atoms with Crippen molar-refractivity contribution in [3.05, 3.63) is 53.4 Å². The molecule has 4 N–H and O–H groups in total. The van der Waals surface area contributed by atoms with Crippen LogP contribution in [-0.4, -0.2) is 61.4 Å². The molecule has 0 aliphatic carbocycles. The van der Waals surface area contributed by atoms with Crippen molar-refractivity contribution in [2.24, 2.45) is 16.1 Å². The maximum Gasteiger partial charge on any atom is 0.126 e. The van der Waals surface area contributed by atoms with E-state index in [1.165, 1.54) is 6.20 Å². The maximum atomic E-state index is 11.9. The number of rotatable bonds is 10. The molecule has 3 rings (SSSR count). The number of halogens is 1. The van der Waals surface area contributed by atoms with Crippen LogP contribution in [0.5, 0.6) is 0 Å². The van der Waals surface area contributed by atoms with Crippen LogP contribution in [0.25, 0.3) is 16.7 Å².